The first-order valence-electron chi connectivity index (χ1n) is 6.71. The number of hydrogen-bond acceptors (Lipinski definition) is 7. The Kier molecular flexibility index (Phi) is 4.94. The smallest absolute Gasteiger partial charge is 0.330 e. The van der Waals surface area contributed by atoms with Crippen LogP contribution in [-0.4, -0.2) is 46.5 Å². The molecule has 126 valence electrons. The van der Waals surface area contributed by atoms with Gasteiger partial charge < -0.3 is 14.2 Å². The van der Waals surface area contributed by atoms with Crippen molar-refractivity contribution in [2.75, 3.05) is 6.67 Å². The van der Waals surface area contributed by atoms with Crippen LogP contribution in [-0.2, 0) is 23.8 Å². The van der Waals surface area contributed by atoms with Gasteiger partial charge in [-0.15, -0.1) is 0 Å². The molecule has 0 unspecified atom stereocenters. The monoisotopic (exact) mass is 330 g/mol. The summed E-state index contributed by atoms with van der Waals surface area (Å²) in [6.45, 7) is 1.20. The maximum atomic E-state index is 13.2. The molecule has 2 heterocycles. The van der Waals surface area contributed by atoms with Crippen LogP contribution in [0.2, 0.25) is 0 Å². The Labute approximate surface area is 129 Å². The van der Waals surface area contributed by atoms with E-state index in [1.165, 1.54) is 0 Å². The van der Waals surface area contributed by atoms with Crippen LogP contribution in [0, 0.1) is 0 Å². The summed E-state index contributed by atoms with van der Waals surface area (Å²) in [4.78, 5) is 47.5. The second kappa shape index (κ2) is 6.73. The molecule has 4 atom stereocenters. The third kappa shape index (κ3) is 3.65. The molecule has 0 bridgehead atoms. The molecule has 2 rings (SSSR count). The average Bonchev–Trinajstić information content (AvgIpc) is 2.76. The van der Waals surface area contributed by atoms with Crippen LogP contribution in [0.5, 0.6) is 0 Å². The largest absolute Gasteiger partial charge is 0.455 e. The van der Waals surface area contributed by atoms with E-state index in [0.717, 1.165) is 30.7 Å². The number of aromatic nitrogens is 2. The molecule has 0 aromatic carbocycles. The lowest BCUT2D eigenvalue weighted by atomic mass is 10.1. The zero-order valence-electron chi connectivity index (χ0n) is 12.4. The number of aromatic amines is 1. The highest BCUT2D eigenvalue weighted by Gasteiger charge is 2.50. The quantitative estimate of drug-likeness (QED) is 0.723. The number of alkyl halides is 1. The molecule has 1 aromatic rings. The van der Waals surface area contributed by atoms with Crippen molar-refractivity contribution in [3.63, 3.8) is 0 Å². The number of rotatable bonds is 4. The van der Waals surface area contributed by atoms with Crippen molar-refractivity contribution in [2.24, 2.45) is 0 Å². The van der Waals surface area contributed by atoms with Crippen LogP contribution in [0.3, 0.4) is 0 Å². The van der Waals surface area contributed by atoms with Gasteiger partial charge in [0.25, 0.3) is 5.56 Å². The number of hydrogen-bond donors (Lipinski definition) is 1. The predicted octanol–water partition coefficient (Wildman–Crippen LogP) is -0.733. The van der Waals surface area contributed by atoms with Gasteiger partial charge in [0.15, 0.2) is 18.4 Å². The average molecular weight is 330 g/mol. The molecule has 0 spiro atoms. The fourth-order valence-electron chi connectivity index (χ4n) is 2.34. The topological polar surface area (TPSA) is 117 Å². The molecular formula is C13H15FN2O7. The Morgan fingerprint density at radius 1 is 1.26 bits per heavy atom. The zero-order valence-corrected chi connectivity index (χ0v) is 12.4. The lowest BCUT2D eigenvalue weighted by Gasteiger charge is -2.23. The van der Waals surface area contributed by atoms with E-state index in [4.69, 9.17) is 14.2 Å². The van der Waals surface area contributed by atoms with Crippen LogP contribution in [0.25, 0.3) is 0 Å². The summed E-state index contributed by atoms with van der Waals surface area (Å²) in [7, 11) is 0. The van der Waals surface area contributed by atoms with Crippen molar-refractivity contribution in [2.45, 2.75) is 38.4 Å². The SMILES string of the molecule is CC(=O)O[C@@H]1[C@H](OC(C)=O)[C@@H](CF)O[C@H]1n1ccc(=O)[nH]c1=O. The number of ether oxygens (including phenoxy) is 3. The molecule has 9 nitrogen and oxygen atoms in total. The van der Waals surface area contributed by atoms with E-state index in [2.05, 4.69) is 0 Å². The lowest BCUT2D eigenvalue weighted by Crippen LogP contribution is -2.41. The first-order chi connectivity index (χ1) is 10.8. The van der Waals surface area contributed by atoms with Crippen molar-refractivity contribution in [3.05, 3.63) is 33.1 Å². The molecule has 0 amide bonds. The highest BCUT2D eigenvalue weighted by Crippen LogP contribution is 2.33. The minimum Gasteiger partial charge on any atom is -0.455 e. The Bertz CT molecular complexity index is 713. The van der Waals surface area contributed by atoms with Gasteiger partial charge in [0, 0.05) is 26.1 Å². The number of carbonyl (C=O) groups is 2. The molecule has 1 saturated heterocycles. The van der Waals surface area contributed by atoms with Crippen LogP contribution in [0.4, 0.5) is 4.39 Å². The zero-order chi connectivity index (χ0) is 17.1. The maximum Gasteiger partial charge on any atom is 0.330 e. The van der Waals surface area contributed by atoms with Crippen molar-refractivity contribution in [3.8, 4) is 0 Å². The molecule has 1 N–H and O–H groups in total. The normalized spacial score (nSPS) is 26.7. The van der Waals surface area contributed by atoms with Crippen molar-refractivity contribution >= 4 is 11.9 Å². The van der Waals surface area contributed by atoms with Gasteiger partial charge in [0.05, 0.1) is 0 Å². The molecule has 1 aromatic heterocycles. The van der Waals surface area contributed by atoms with Crippen LogP contribution < -0.4 is 11.2 Å². The lowest BCUT2D eigenvalue weighted by molar-refractivity contribution is -0.165. The number of nitrogens with zero attached hydrogens (tertiary/aromatic N) is 1. The maximum absolute atomic E-state index is 13.2. The minimum absolute atomic E-state index is 0.633. The van der Waals surface area contributed by atoms with Crippen LogP contribution in [0.15, 0.2) is 21.9 Å². The Morgan fingerprint density at radius 3 is 2.39 bits per heavy atom. The van der Waals surface area contributed by atoms with Gasteiger partial charge in [-0.05, 0) is 0 Å². The van der Waals surface area contributed by atoms with Gasteiger partial charge in [-0.2, -0.15) is 0 Å². The summed E-state index contributed by atoms with van der Waals surface area (Å²) >= 11 is 0. The third-order valence-corrected chi connectivity index (χ3v) is 3.17. The van der Waals surface area contributed by atoms with E-state index < -0.39 is 54.4 Å². The highest BCUT2D eigenvalue weighted by atomic mass is 19.1. The van der Waals surface area contributed by atoms with Crippen molar-refractivity contribution in [1.82, 2.24) is 9.55 Å². The summed E-state index contributed by atoms with van der Waals surface area (Å²) in [5.74, 6) is -1.44. The molecule has 10 heteroatoms. The molecule has 0 saturated carbocycles. The Morgan fingerprint density at radius 2 is 1.87 bits per heavy atom. The number of carbonyl (C=O) groups excluding carboxylic acids is 2. The van der Waals surface area contributed by atoms with E-state index in [9.17, 15) is 23.6 Å². The number of H-pyrrole nitrogens is 1. The number of esters is 2. The summed E-state index contributed by atoms with van der Waals surface area (Å²) in [5, 5.41) is 0. The van der Waals surface area contributed by atoms with Crippen LogP contribution in [0.1, 0.15) is 20.1 Å². The van der Waals surface area contributed by atoms with Gasteiger partial charge in [-0.1, -0.05) is 0 Å². The van der Waals surface area contributed by atoms with Gasteiger partial charge in [-0.25, -0.2) is 9.18 Å². The third-order valence-electron chi connectivity index (χ3n) is 3.17. The molecule has 1 fully saturated rings. The summed E-state index contributed by atoms with van der Waals surface area (Å²) in [6.07, 6.45) is -3.79. The molecule has 23 heavy (non-hydrogen) atoms. The first-order valence-corrected chi connectivity index (χ1v) is 6.71. The number of nitrogens with one attached hydrogen (secondary N) is 1. The molecule has 0 radical (unpaired) electrons. The second-order valence-electron chi connectivity index (χ2n) is 4.88. The fraction of sp³-hybridized carbons (Fsp3) is 0.538. The van der Waals surface area contributed by atoms with E-state index in [1.807, 2.05) is 4.98 Å². The molecule has 0 aliphatic carbocycles. The molecular weight excluding hydrogens is 315 g/mol. The number of halogens is 1. The Balaban J connectivity index is 2.43. The van der Waals surface area contributed by atoms with Gasteiger partial charge in [0.2, 0.25) is 0 Å². The van der Waals surface area contributed by atoms with E-state index >= 15 is 0 Å². The first kappa shape index (κ1) is 16.9. The van der Waals surface area contributed by atoms with E-state index in [-0.39, 0.29) is 0 Å². The highest BCUT2D eigenvalue weighted by molar-refractivity contribution is 5.67. The Hall–Kier alpha value is -2.49. The van der Waals surface area contributed by atoms with E-state index in [1.54, 1.807) is 0 Å². The second-order valence-corrected chi connectivity index (χ2v) is 4.88. The molecule has 1 aliphatic rings. The van der Waals surface area contributed by atoms with Crippen LogP contribution >= 0.6 is 0 Å². The molecule has 1 aliphatic heterocycles. The van der Waals surface area contributed by atoms with Gasteiger partial charge in [0.1, 0.15) is 12.8 Å². The van der Waals surface area contributed by atoms with E-state index in [0.29, 0.717) is 0 Å². The van der Waals surface area contributed by atoms with Crippen molar-refractivity contribution in [1.29, 1.82) is 0 Å². The summed E-state index contributed by atoms with van der Waals surface area (Å²) in [5.41, 5.74) is -1.47. The fourth-order valence-corrected chi connectivity index (χ4v) is 2.34. The minimum atomic E-state index is -1.24. The predicted molar refractivity (Wildman–Crippen MR) is 72.3 cm³/mol. The van der Waals surface area contributed by atoms with Crippen molar-refractivity contribution < 1.29 is 28.2 Å². The summed E-state index contributed by atoms with van der Waals surface area (Å²) in [6, 6.07) is 1.05. The standard InChI is InChI=1S/C13H15FN2O7/c1-6(17)21-10-8(5-14)23-12(11(10)22-7(2)18)16-4-3-9(19)15-13(16)20/h3-4,8,10-12H,5H2,1-2H3,(H,15,19,20)/t8-,10-,11-,12-/m1/s1. The summed E-state index contributed by atoms with van der Waals surface area (Å²) < 4.78 is 29.5. The van der Waals surface area contributed by atoms with Gasteiger partial charge >= 0.3 is 17.6 Å². The van der Waals surface area contributed by atoms with Gasteiger partial charge in [-0.3, -0.25) is 23.9 Å².